The number of rotatable bonds is 4. The molecule has 1 aromatic heterocycles. The van der Waals surface area contributed by atoms with Crippen molar-refractivity contribution in [1.29, 1.82) is 0 Å². The number of aryl methyl sites for hydroxylation is 1. The van der Waals surface area contributed by atoms with Crippen molar-refractivity contribution in [2.75, 3.05) is 25.5 Å². The molecule has 2 aromatic rings. The van der Waals surface area contributed by atoms with Gasteiger partial charge in [-0.2, -0.15) is 0 Å². The van der Waals surface area contributed by atoms with Crippen molar-refractivity contribution in [2.24, 2.45) is 0 Å². The highest BCUT2D eigenvalue weighted by Gasteiger charge is 2.30. The Morgan fingerprint density at radius 2 is 2.12 bits per heavy atom. The number of likely N-dealkylation sites (tertiary alicyclic amines) is 1. The lowest BCUT2D eigenvalue weighted by Gasteiger charge is -2.25. The van der Waals surface area contributed by atoms with Crippen LogP contribution < -0.4 is 9.47 Å². The molecule has 0 unspecified atom stereocenters. The Labute approximate surface area is 160 Å². The summed E-state index contributed by atoms with van der Waals surface area (Å²) in [6.07, 6.45) is 2.89. The van der Waals surface area contributed by atoms with Crippen molar-refractivity contribution in [1.82, 2.24) is 15.1 Å². The Morgan fingerprint density at radius 1 is 1.27 bits per heavy atom. The van der Waals surface area contributed by atoms with Crippen molar-refractivity contribution >= 4 is 29.0 Å². The van der Waals surface area contributed by atoms with E-state index in [1.54, 1.807) is 0 Å². The molecule has 1 fully saturated rings. The SMILES string of the molecule is Cc1nnc(SCC(=O)N2CCC[C@H]2c2ccc3c(c2)OCCCO3)s1. The van der Waals surface area contributed by atoms with E-state index in [4.69, 9.17) is 9.47 Å². The number of hydrogen-bond acceptors (Lipinski definition) is 7. The average molecular weight is 392 g/mol. The van der Waals surface area contributed by atoms with Crippen molar-refractivity contribution < 1.29 is 14.3 Å². The van der Waals surface area contributed by atoms with E-state index in [2.05, 4.69) is 16.3 Å². The van der Waals surface area contributed by atoms with Gasteiger partial charge >= 0.3 is 0 Å². The van der Waals surface area contributed by atoms with Crippen LogP contribution in [0.5, 0.6) is 11.5 Å². The minimum atomic E-state index is 0.108. The lowest BCUT2D eigenvalue weighted by molar-refractivity contribution is -0.129. The summed E-state index contributed by atoms with van der Waals surface area (Å²) in [5.74, 6) is 2.13. The molecule has 0 saturated carbocycles. The van der Waals surface area contributed by atoms with E-state index in [9.17, 15) is 4.79 Å². The highest BCUT2D eigenvalue weighted by atomic mass is 32.2. The molecule has 0 spiro atoms. The standard InChI is InChI=1S/C18H21N3O3S2/c1-12-19-20-18(26-12)25-11-17(22)21-7-2-4-14(21)13-5-6-15-16(10-13)24-9-3-8-23-15/h5-6,10,14H,2-4,7-9,11H2,1H3/t14-/m0/s1. The first-order chi connectivity index (χ1) is 12.7. The van der Waals surface area contributed by atoms with Gasteiger partial charge in [0.2, 0.25) is 5.91 Å². The highest BCUT2D eigenvalue weighted by Crippen LogP contribution is 2.38. The number of amides is 1. The van der Waals surface area contributed by atoms with Gasteiger partial charge in [0.1, 0.15) is 5.01 Å². The molecule has 8 heteroatoms. The molecular formula is C18H21N3O3S2. The van der Waals surface area contributed by atoms with E-state index >= 15 is 0 Å². The van der Waals surface area contributed by atoms with Crippen molar-refractivity contribution in [2.45, 2.75) is 36.6 Å². The molecule has 0 aliphatic carbocycles. The van der Waals surface area contributed by atoms with Crippen LogP contribution in [0.4, 0.5) is 0 Å². The summed E-state index contributed by atoms with van der Waals surface area (Å²) in [5, 5.41) is 9.00. The molecule has 4 rings (SSSR count). The van der Waals surface area contributed by atoms with Crippen LogP contribution >= 0.6 is 23.1 Å². The molecule has 138 valence electrons. The van der Waals surface area contributed by atoms with Crippen LogP contribution in [-0.2, 0) is 4.79 Å². The van der Waals surface area contributed by atoms with E-state index in [1.807, 2.05) is 24.0 Å². The number of thioether (sulfide) groups is 1. The van der Waals surface area contributed by atoms with Crippen molar-refractivity contribution in [3.8, 4) is 11.5 Å². The molecule has 26 heavy (non-hydrogen) atoms. The van der Waals surface area contributed by atoms with Gasteiger partial charge in [-0.3, -0.25) is 4.79 Å². The third-order valence-electron chi connectivity index (χ3n) is 4.56. The van der Waals surface area contributed by atoms with Crippen LogP contribution in [0, 0.1) is 6.92 Å². The Balaban J connectivity index is 1.45. The van der Waals surface area contributed by atoms with Gasteiger partial charge in [0.15, 0.2) is 15.8 Å². The van der Waals surface area contributed by atoms with Crippen LogP contribution in [0.15, 0.2) is 22.5 Å². The fraction of sp³-hybridized carbons (Fsp3) is 0.500. The zero-order valence-corrected chi connectivity index (χ0v) is 16.3. The third-order valence-corrected chi connectivity index (χ3v) is 6.51. The number of ether oxygens (including phenoxy) is 2. The molecule has 1 atom stereocenters. The number of carbonyl (C=O) groups excluding carboxylic acids is 1. The lowest BCUT2D eigenvalue weighted by Crippen LogP contribution is -2.32. The Bertz CT molecular complexity index is 796. The Hall–Kier alpha value is -1.80. The lowest BCUT2D eigenvalue weighted by atomic mass is 10.0. The summed E-state index contributed by atoms with van der Waals surface area (Å²) in [6.45, 7) is 4.07. The van der Waals surface area contributed by atoms with Gasteiger partial charge < -0.3 is 14.4 Å². The van der Waals surface area contributed by atoms with Gasteiger partial charge in [0.05, 0.1) is 25.0 Å². The Morgan fingerprint density at radius 3 is 2.92 bits per heavy atom. The zero-order valence-electron chi connectivity index (χ0n) is 14.6. The van der Waals surface area contributed by atoms with E-state index < -0.39 is 0 Å². The van der Waals surface area contributed by atoms with Crippen LogP contribution in [0.1, 0.15) is 35.9 Å². The molecule has 3 heterocycles. The quantitative estimate of drug-likeness (QED) is 0.744. The monoisotopic (exact) mass is 391 g/mol. The summed E-state index contributed by atoms with van der Waals surface area (Å²) in [4.78, 5) is 14.7. The normalized spacial score (nSPS) is 19.4. The van der Waals surface area contributed by atoms with Crippen molar-refractivity contribution in [3.63, 3.8) is 0 Å². The van der Waals surface area contributed by atoms with Crippen LogP contribution in [0.25, 0.3) is 0 Å². The maximum atomic E-state index is 12.8. The second-order valence-electron chi connectivity index (χ2n) is 6.38. The first kappa shape index (κ1) is 17.6. The predicted molar refractivity (Wildman–Crippen MR) is 101 cm³/mol. The van der Waals surface area contributed by atoms with Gasteiger partial charge in [-0.05, 0) is 37.5 Å². The third kappa shape index (κ3) is 3.81. The number of fused-ring (bicyclic) bond motifs is 1. The second kappa shape index (κ2) is 7.84. The topological polar surface area (TPSA) is 64.6 Å². The maximum Gasteiger partial charge on any atom is 0.233 e. The highest BCUT2D eigenvalue weighted by molar-refractivity contribution is 8.01. The van der Waals surface area contributed by atoms with Crippen LogP contribution in [0.2, 0.25) is 0 Å². The van der Waals surface area contributed by atoms with E-state index in [-0.39, 0.29) is 11.9 Å². The van der Waals surface area contributed by atoms with Gasteiger partial charge in [-0.1, -0.05) is 29.2 Å². The molecule has 1 saturated heterocycles. The summed E-state index contributed by atoms with van der Waals surface area (Å²) in [6, 6.07) is 6.18. The minimum Gasteiger partial charge on any atom is -0.490 e. The van der Waals surface area contributed by atoms with Gasteiger partial charge in [-0.25, -0.2) is 0 Å². The van der Waals surface area contributed by atoms with Gasteiger partial charge in [0, 0.05) is 13.0 Å². The van der Waals surface area contributed by atoms with E-state index in [0.717, 1.165) is 52.2 Å². The summed E-state index contributed by atoms with van der Waals surface area (Å²) in [7, 11) is 0. The fourth-order valence-corrected chi connectivity index (χ4v) is 5.04. The molecule has 1 aromatic carbocycles. The largest absolute Gasteiger partial charge is 0.490 e. The number of hydrogen-bond donors (Lipinski definition) is 0. The molecule has 2 aliphatic rings. The molecule has 1 amide bonds. The molecular weight excluding hydrogens is 370 g/mol. The summed E-state index contributed by atoms with van der Waals surface area (Å²) >= 11 is 2.99. The van der Waals surface area contributed by atoms with Crippen molar-refractivity contribution in [3.05, 3.63) is 28.8 Å². The average Bonchev–Trinajstić information content (AvgIpc) is 3.23. The predicted octanol–water partition coefficient (Wildman–Crippen LogP) is 3.46. The smallest absolute Gasteiger partial charge is 0.233 e. The number of benzene rings is 1. The molecule has 0 bridgehead atoms. The van der Waals surface area contributed by atoms with Crippen LogP contribution in [-0.4, -0.2) is 46.5 Å². The molecule has 0 N–H and O–H groups in total. The zero-order chi connectivity index (χ0) is 17.9. The van der Waals surface area contributed by atoms with Gasteiger partial charge in [-0.15, -0.1) is 10.2 Å². The van der Waals surface area contributed by atoms with E-state index in [0.29, 0.717) is 19.0 Å². The minimum absolute atomic E-state index is 0.108. The first-order valence-corrected chi connectivity index (χ1v) is 10.6. The maximum absolute atomic E-state index is 12.8. The fourth-order valence-electron chi connectivity index (χ4n) is 3.34. The van der Waals surface area contributed by atoms with Crippen LogP contribution in [0.3, 0.4) is 0 Å². The molecule has 0 radical (unpaired) electrons. The number of nitrogens with zero attached hydrogens (tertiary/aromatic N) is 3. The van der Waals surface area contributed by atoms with Gasteiger partial charge in [0.25, 0.3) is 0 Å². The first-order valence-electron chi connectivity index (χ1n) is 8.82. The second-order valence-corrected chi connectivity index (χ2v) is 8.78. The molecule has 2 aliphatic heterocycles. The number of carbonyl (C=O) groups is 1. The summed E-state index contributed by atoms with van der Waals surface area (Å²) in [5.41, 5.74) is 1.12. The molecule has 6 nitrogen and oxygen atoms in total. The van der Waals surface area contributed by atoms with E-state index in [1.165, 1.54) is 23.1 Å². The summed E-state index contributed by atoms with van der Waals surface area (Å²) < 4.78 is 12.4. The Kier molecular flexibility index (Phi) is 5.31. The number of aromatic nitrogens is 2.